The van der Waals surface area contributed by atoms with Gasteiger partial charge in [-0.15, -0.1) is 0 Å². The normalized spacial score (nSPS) is 11.0. The molecular formula is C30H25F4NO. The lowest BCUT2D eigenvalue weighted by atomic mass is 9.96. The van der Waals surface area contributed by atoms with Crippen LogP contribution in [0.5, 0.6) is 5.75 Å². The monoisotopic (exact) mass is 491 g/mol. The Balaban J connectivity index is 1.52. The molecule has 0 fully saturated rings. The lowest BCUT2D eigenvalue weighted by Gasteiger charge is -2.11. The molecule has 0 unspecified atom stereocenters. The number of nitriles is 1. The fourth-order valence-electron chi connectivity index (χ4n) is 4.22. The maximum absolute atomic E-state index is 15.2. The van der Waals surface area contributed by atoms with Gasteiger partial charge >= 0.3 is 0 Å². The van der Waals surface area contributed by atoms with Crippen molar-refractivity contribution in [3.05, 3.63) is 101 Å². The zero-order chi connectivity index (χ0) is 25.7. The lowest BCUT2D eigenvalue weighted by Crippen LogP contribution is -1.99. The molecule has 0 aliphatic rings. The van der Waals surface area contributed by atoms with Crippen molar-refractivity contribution in [2.24, 2.45) is 0 Å². The van der Waals surface area contributed by atoms with Crippen molar-refractivity contribution in [1.82, 2.24) is 0 Å². The predicted octanol–water partition coefficient (Wildman–Crippen LogP) is 8.29. The molecule has 0 atom stereocenters. The molecule has 0 saturated heterocycles. The molecule has 4 rings (SSSR count). The number of unbranched alkanes of at least 4 members (excludes halogenated alkanes) is 2. The Labute approximate surface area is 207 Å². The van der Waals surface area contributed by atoms with E-state index in [1.807, 2.05) is 0 Å². The number of nitrogens with zero attached hydrogens (tertiary/aromatic N) is 1. The third-order valence-electron chi connectivity index (χ3n) is 6.20. The number of fused-ring (bicyclic) bond motifs is 1. The molecule has 36 heavy (non-hydrogen) atoms. The van der Waals surface area contributed by atoms with Crippen molar-refractivity contribution in [1.29, 1.82) is 5.26 Å². The van der Waals surface area contributed by atoms with E-state index in [0.29, 0.717) is 45.4 Å². The van der Waals surface area contributed by atoms with Crippen molar-refractivity contribution in [3.63, 3.8) is 0 Å². The third kappa shape index (κ3) is 5.52. The smallest absolute Gasteiger partial charge is 0.144 e. The SMILES string of the molecule is CCCCCOc1ccc(-c2ccc3c(F)c(CCc4cc(F)c(C#N)c(F)c4)ccc3c2)c(F)c1. The van der Waals surface area contributed by atoms with Crippen LogP contribution in [0.4, 0.5) is 17.6 Å². The summed E-state index contributed by atoms with van der Waals surface area (Å²) < 4.78 is 63.3. The van der Waals surface area contributed by atoms with Gasteiger partial charge in [0, 0.05) is 17.0 Å². The molecule has 0 saturated carbocycles. The van der Waals surface area contributed by atoms with E-state index < -0.39 is 28.8 Å². The Morgan fingerprint density at radius 2 is 1.58 bits per heavy atom. The van der Waals surface area contributed by atoms with Gasteiger partial charge in [0.05, 0.1) is 6.61 Å². The third-order valence-corrected chi connectivity index (χ3v) is 6.20. The average molecular weight is 492 g/mol. The standard InChI is InChI=1S/C30H25F4NO/c1-2-3-4-13-36-23-10-12-24(29(33)17-23)21-9-11-25-22(16-21)8-7-20(30(25)34)6-5-19-14-27(31)26(18-35)28(32)15-19/h7-12,14-17H,2-6,13H2,1H3. The van der Waals surface area contributed by atoms with Gasteiger partial charge in [0.25, 0.3) is 0 Å². The number of benzene rings is 4. The Kier molecular flexibility index (Phi) is 7.90. The van der Waals surface area contributed by atoms with Crippen LogP contribution in [-0.4, -0.2) is 6.61 Å². The van der Waals surface area contributed by atoms with Crippen molar-refractivity contribution in [2.75, 3.05) is 6.61 Å². The van der Waals surface area contributed by atoms with E-state index in [4.69, 9.17) is 10.00 Å². The summed E-state index contributed by atoms with van der Waals surface area (Å²) in [5, 5.41) is 9.79. The van der Waals surface area contributed by atoms with Gasteiger partial charge < -0.3 is 4.74 Å². The molecular weight excluding hydrogens is 466 g/mol. The first kappa shape index (κ1) is 25.2. The first-order valence-corrected chi connectivity index (χ1v) is 11.9. The van der Waals surface area contributed by atoms with Crippen LogP contribution in [0.3, 0.4) is 0 Å². The van der Waals surface area contributed by atoms with Crippen molar-refractivity contribution >= 4 is 10.8 Å². The number of hydrogen-bond donors (Lipinski definition) is 0. The number of rotatable bonds is 9. The second kappa shape index (κ2) is 11.3. The summed E-state index contributed by atoms with van der Waals surface area (Å²) in [6.45, 7) is 2.64. The molecule has 184 valence electrons. The van der Waals surface area contributed by atoms with Crippen LogP contribution in [0.2, 0.25) is 0 Å². The molecule has 0 heterocycles. The number of ether oxygens (including phenoxy) is 1. The van der Waals surface area contributed by atoms with Crippen LogP contribution in [0.1, 0.15) is 42.9 Å². The highest BCUT2D eigenvalue weighted by Gasteiger charge is 2.14. The maximum atomic E-state index is 15.2. The zero-order valence-corrected chi connectivity index (χ0v) is 19.9. The van der Waals surface area contributed by atoms with E-state index in [2.05, 4.69) is 6.92 Å². The quantitative estimate of drug-likeness (QED) is 0.174. The minimum absolute atomic E-state index is 0.206. The average Bonchev–Trinajstić information content (AvgIpc) is 2.86. The minimum atomic E-state index is -0.928. The summed E-state index contributed by atoms with van der Waals surface area (Å²) in [4.78, 5) is 0. The molecule has 4 aromatic carbocycles. The van der Waals surface area contributed by atoms with Crippen LogP contribution in [0, 0.1) is 34.6 Å². The van der Waals surface area contributed by atoms with Crippen LogP contribution < -0.4 is 4.74 Å². The summed E-state index contributed by atoms with van der Waals surface area (Å²) in [6.07, 6.45) is 3.49. The molecule has 0 aliphatic carbocycles. The highest BCUT2D eigenvalue weighted by molar-refractivity contribution is 5.88. The van der Waals surface area contributed by atoms with Crippen molar-refractivity contribution in [3.8, 4) is 22.9 Å². The predicted molar refractivity (Wildman–Crippen MR) is 133 cm³/mol. The van der Waals surface area contributed by atoms with Crippen molar-refractivity contribution in [2.45, 2.75) is 39.0 Å². The van der Waals surface area contributed by atoms with Crippen LogP contribution >= 0.6 is 0 Å². The fraction of sp³-hybridized carbons (Fsp3) is 0.233. The molecule has 0 radical (unpaired) electrons. The summed E-state index contributed by atoms with van der Waals surface area (Å²) in [5.41, 5.74) is 1.13. The van der Waals surface area contributed by atoms with Crippen LogP contribution in [0.15, 0.2) is 60.7 Å². The van der Waals surface area contributed by atoms with Gasteiger partial charge in [-0.3, -0.25) is 0 Å². The summed E-state index contributed by atoms with van der Waals surface area (Å²) in [5.74, 6) is -2.22. The topological polar surface area (TPSA) is 33.0 Å². The number of hydrogen-bond acceptors (Lipinski definition) is 2. The molecule has 0 spiro atoms. The number of aryl methyl sites for hydroxylation is 2. The molecule has 2 nitrogen and oxygen atoms in total. The summed E-state index contributed by atoms with van der Waals surface area (Å²) >= 11 is 0. The Bertz CT molecular complexity index is 1420. The minimum Gasteiger partial charge on any atom is -0.493 e. The molecule has 4 aromatic rings. The van der Waals surface area contributed by atoms with Gasteiger partial charge in [-0.25, -0.2) is 17.6 Å². The zero-order valence-electron chi connectivity index (χ0n) is 19.9. The van der Waals surface area contributed by atoms with Crippen LogP contribution in [-0.2, 0) is 12.8 Å². The maximum Gasteiger partial charge on any atom is 0.144 e. The highest BCUT2D eigenvalue weighted by atomic mass is 19.1. The lowest BCUT2D eigenvalue weighted by molar-refractivity contribution is 0.305. The summed E-state index contributed by atoms with van der Waals surface area (Å²) in [7, 11) is 0. The molecule has 6 heteroatoms. The van der Waals surface area contributed by atoms with E-state index in [1.165, 1.54) is 12.1 Å². The van der Waals surface area contributed by atoms with Gasteiger partial charge in [-0.1, -0.05) is 44.0 Å². The van der Waals surface area contributed by atoms with E-state index in [1.54, 1.807) is 42.5 Å². The van der Waals surface area contributed by atoms with Gasteiger partial charge in [-0.05, 0) is 71.7 Å². The van der Waals surface area contributed by atoms with Gasteiger partial charge in [0.1, 0.15) is 40.7 Å². The van der Waals surface area contributed by atoms with Crippen LogP contribution in [0.25, 0.3) is 21.9 Å². The number of halogens is 4. The van der Waals surface area contributed by atoms with E-state index in [0.717, 1.165) is 31.4 Å². The largest absolute Gasteiger partial charge is 0.493 e. The fourth-order valence-corrected chi connectivity index (χ4v) is 4.22. The highest BCUT2D eigenvalue weighted by Crippen LogP contribution is 2.31. The van der Waals surface area contributed by atoms with E-state index in [9.17, 15) is 13.2 Å². The molecule has 0 aliphatic heterocycles. The van der Waals surface area contributed by atoms with Gasteiger partial charge in [-0.2, -0.15) is 5.26 Å². The van der Waals surface area contributed by atoms with Crippen molar-refractivity contribution < 1.29 is 22.3 Å². The first-order valence-electron chi connectivity index (χ1n) is 11.9. The first-order chi connectivity index (χ1) is 17.4. The Morgan fingerprint density at radius 3 is 2.28 bits per heavy atom. The molecule has 0 N–H and O–H groups in total. The summed E-state index contributed by atoms with van der Waals surface area (Å²) in [6, 6.07) is 16.8. The second-order valence-corrected chi connectivity index (χ2v) is 8.72. The molecule has 0 amide bonds. The molecule has 0 bridgehead atoms. The van der Waals surface area contributed by atoms with E-state index in [-0.39, 0.29) is 12.8 Å². The van der Waals surface area contributed by atoms with Gasteiger partial charge in [0.15, 0.2) is 0 Å². The van der Waals surface area contributed by atoms with E-state index >= 15 is 4.39 Å². The Morgan fingerprint density at radius 1 is 0.806 bits per heavy atom. The van der Waals surface area contributed by atoms with Gasteiger partial charge in [0.2, 0.25) is 0 Å². The molecule has 0 aromatic heterocycles. The second-order valence-electron chi connectivity index (χ2n) is 8.72. The Hall–Kier alpha value is -3.85.